The van der Waals surface area contributed by atoms with E-state index < -0.39 is 15.9 Å². The molecule has 1 aliphatic rings. The summed E-state index contributed by atoms with van der Waals surface area (Å²) in [6.45, 7) is 3.76. The molecule has 3 aromatic rings. The average Bonchev–Trinajstić information content (AvgIpc) is 3.29. The number of hydrogen-bond acceptors (Lipinski definition) is 6. The van der Waals surface area contributed by atoms with Gasteiger partial charge in [0.05, 0.1) is 22.4 Å². The van der Waals surface area contributed by atoms with Crippen LogP contribution >= 0.6 is 0 Å². The highest BCUT2D eigenvalue weighted by Gasteiger charge is 2.32. The molecule has 158 valence electrons. The number of likely N-dealkylation sites (tertiary alicyclic amines) is 1. The van der Waals surface area contributed by atoms with Crippen LogP contribution in [-0.4, -0.2) is 42.8 Å². The van der Waals surface area contributed by atoms with Gasteiger partial charge < -0.3 is 9.63 Å². The first-order chi connectivity index (χ1) is 14.4. The van der Waals surface area contributed by atoms with Crippen molar-refractivity contribution in [2.24, 2.45) is 5.92 Å². The lowest BCUT2D eigenvalue weighted by molar-refractivity contribution is 0.137. The third-order valence-corrected chi connectivity index (χ3v) is 7.26. The molecule has 0 amide bonds. The lowest BCUT2D eigenvalue weighted by atomic mass is 10.0. The van der Waals surface area contributed by atoms with Gasteiger partial charge in [0.25, 0.3) is 0 Å². The molecule has 2 heterocycles. The molecule has 0 saturated carbocycles. The van der Waals surface area contributed by atoms with Gasteiger partial charge in [-0.25, -0.2) is 8.42 Å². The largest absolute Gasteiger partial charge is 0.391 e. The second kappa shape index (κ2) is 8.71. The lowest BCUT2D eigenvalue weighted by Crippen LogP contribution is -2.22. The van der Waals surface area contributed by atoms with E-state index in [-0.39, 0.29) is 11.7 Å². The van der Waals surface area contributed by atoms with E-state index in [0.29, 0.717) is 24.4 Å². The van der Waals surface area contributed by atoms with Gasteiger partial charge in [-0.05, 0) is 30.2 Å². The summed E-state index contributed by atoms with van der Waals surface area (Å²) in [7, 11) is -3.42. The molecule has 1 saturated heterocycles. The normalized spacial score (nSPS) is 19.9. The second-order valence-electron chi connectivity index (χ2n) is 8.00. The van der Waals surface area contributed by atoms with Gasteiger partial charge in [0, 0.05) is 38.0 Å². The highest BCUT2D eigenvalue weighted by molar-refractivity contribution is 7.90. The van der Waals surface area contributed by atoms with Gasteiger partial charge in [0.2, 0.25) is 0 Å². The van der Waals surface area contributed by atoms with Gasteiger partial charge in [-0.1, -0.05) is 47.6 Å². The highest BCUT2D eigenvalue weighted by Crippen LogP contribution is 2.25. The number of hydrogen-bond donors (Lipinski definition) is 1. The molecule has 0 radical (unpaired) electrons. The van der Waals surface area contributed by atoms with Crippen molar-refractivity contribution in [2.75, 3.05) is 13.1 Å². The molecular weight excluding hydrogens is 400 g/mol. The Morgan fingerprint density at radius 3 is 2.47 bits per heavy atom. The van der Waals surface area contributed by atoms with Crippen LogP contribution in [0.5, 0.6) is 0 Å². The third-order valence-electron chi connectivity index (χ3n) is 5.58. The minimum absolute atomic E-state index is 0.0374. The molecule has 0 aliphatic carbocycles. The number of nitrogens with zero attached hydrogens (tertiary/aromatic N) is 2. The minimum atomic E-state index is -3.42. The van der Waals surface area contributed by atoms with Crippen LogP contribution < -0.4 is 0 Å². The van der Waals surface area contributed by atoms with E-state index in [9.17, 15) is 13.5 Å². The molecule has 7 heteroatoms. The van der Waals surface area contributed by atoms with Gasteiger partial charge in [0.15, 0.2) is 9.84 Å². The van der Waals surface area contributed by atoms with Crippen molar-refractivity contribution in [2.45, 2.75) is 36.6 Å². The predicted octanol–water partition coefficient (Wildman–Crippen LogP) is 2.99. The Kier molecular flexibility index (Phi) is 6.04. The molecule has 1 N–H and O–H groups in total. The average molecular weight is 427 g/mol. The number of benzene rings is 2. The van der Waals surface area contributed by atoms with Crippen LogP contribution in [0.3, 0.4) is 0 Å². The molecule has 2 aromatic carbocycles. The van der Waals surface area contributed by atoms with Crippen LogP contribution in [0.4, 0.5) is 0 Å². The van der Waals surface area contributed by atoms with Gasteiger partial charge in [-0.3, -0.25) is 4.90 Å². The van der Waals surface area contributed by atoms with E-state index in [0.717, 1.165) is 29.1 Å². The van der Waals surface area contributed by atoms with Gasteiger partial charge >= 0.3 is 0 Å². The number of aryl methyl sites for hydroxylation is 1. The summed E-state index contributed by atoms with van der Waals surface area (Å²) in [4.78, 5) is 2.51. The molecule has 4 rings (SSSR count). The summed E-state index contributed by atoms with van der Waals surface area (Å²) in [6.07, 6.45) is 0.193. The number of aromatic nitrogens is 1. The van der Waals surface area contributed by atoms with Gasteiger partial charge in [-0.15, -0.1) is 0 Å². The molecule has 0 unspecified atom stereocenters. The fourth-order valence-electron chi connectivity index (χ4n) is 4.05. The van der Waals surface area contributed by atoms with Gasteiger partial charge in [0.1, 0.15) is 5.76 Å². The maximum atomic E-state index is 12.8. The number of aliphatic hydroxyl groups excluding tert-OH is 1. The van der Waals surface area contributed by atoms with Crippen LogP contribution in [0.25, 0.3) is 0 Å². The summed E-state index contributed by atoms with van der Waals surface area (Å²) in [5.41, 5.74) is 2.61. The van der Waals surface area contributed by atoms with E-state index in [1.165, 1.54) is 0 Å². The summed E-state index contributed by atoms with van der Waals surface area (Å²) < 4.78 is 31.0. The molecule has 0 bridgehead atoms. The van der Waals surface area contributed by atoms with Crippen LogP contribution in [0.15, 0.2) is 70.1 Å². The van der Waals surface area contributed by atoms with Crippen LogP contribution in [-0.2, 0) is 28.6 Å². The first-order valence-corrected chi connectivity index (χ1v) is 11.7. The molecule has 1 aliphatic heterocycles. The topological polar surface area (TPSA) is 83.6 Å². The minimum Gasteiger partial charge on any atom is -0.391 e. The number of sulfone groups is 1. The second-order valence-corrected chi connectivity index (χ2v) is 9.99. The van der Waals surface area contributed by atoms with Crippen molar-refractivity contribution in [1.29, 1.82) is 0 Å². The molecule has 30 heavy (non-hydrogen) atoms. The molecule has 1 aromatic heterocycles. The zero-order chi connectivity index (χ0) is 21.1. The standard InChI is InChI=1S/C23H26N2O4S/c1-17-11-21(29-24-17)12-20-14-25(15-23(20)26)13-18-7-5-6-8-19(18)16-30(27,28)22-9-3-2-4-10-22/h2-11,20,23,26H,12-16H2,1H3/t20-,23-/m1/s1. The summed E-state index contributed by atoms with van der Waals surface area (Å²) in [5, 5.41) is 14.4. The van der Waals surface area contributed by atoms with Crippen LogP contribution in [0.1, 0.15) is 22.6 Å². The first-order valence-electron chi connectivity index (χ1n) is 10.1. The van der Waals surface area contributed by atoms with Crippen molar-refractivity contribution in [3.8, 4) is 0 Å². The zero-order valence-corrected chi connectivity index (χ0v) is 17.8. The maximum absolute atomic E-state index is 12.8. The molecule has 1 fully saturated rings. The fraction of sp³-hybridized carbons (Fsp3) is 0.348. The van der Waals surface area contributed by atoms with Crippen molar-refractivity contribution in [1.82, 2.24) is 10.1 Å². The van der Waals surface area contributed by atoms with E-state index in [1.54, 1.807) is 24.3 Å². The van der Waals surface area contributed by atoms with Crippen molar-refractivity contribution >= 4 is 9.84 Å². The van der Waals surface area contributed by atoms with Gasteiger partial charge in [-0.2, -0.15) is 0 Å². The Balaban J connectivity index is 1.45. The van der Waals surface area contributed by atoms with E-state index in [1.807, 2.05) is 43.3 Å². The Bertz CT molecular complexity index is 1100. The first kappa shape index (κ1) is 20.8. The quantitative estimate of drug-likeness (QED) is 0.625. The Morgan fingerprint density at radius 1 is 1.07 bits per heavy atom. The Hall–Kier alpha value is -2.48. The number of aliphatic hydroxyl groups is 1. The van der Waals surface area contributed by atoms with Crippen molar-refractivity contribution in [3.05, 3.63) is 83.2 Å². The molecule has 0 spiro atoms. The Labute approximate surface area is 177 Å². The molecule has 2 atom stereocenters. The monoisotopic (exact) mass is 426 g/mol. The lowest BCUT2D eigenvalue weighted by Gasteiger charge is -2.18. The molecule has 6 nitrogen and oxygen atoms in total. The zero-order valence-electron chi connectivity index (χ0n) is 16.9. The smallest absolute Gasteiger partial charge is 0.182 e. The Morgan fingerprint density at radius 2 is 1.77 bits per heavy atom. The maximum Gasteiger partial charge on any atom is 0.182 e. The summed E-state index contributed by atoms with van der Waals surface area (Å²) in [6, 6.07) is 18.1. The highest BCUT2D eigenvalue weighted by atomic mass is 32.2. The fourth-order valence-corrected chi connectivity index (χ4v) is 5.48. The number of β-amino-alcohol motifs (C(OH)–C–C–N with tert-alkyl or cyclic N) is 1. The molecular formula is C23H26N2O4S. The van der Waals surface area contributed by atoms with Crippen LogP contribution in [0.2, 0.25) is 0 Å². The van der Waals surface area contributed by atoms with Crippen LogP contribution in [0, 0.1) is 12.8 Å². The van der Waals surface area contributed by atoms with E-state index in [2.05, 4.69) is 10.1 Å². The third kappa shape index (κ3) is 4.80. The van der Waals surface area contributed by atoms with E-state index in [4.69, 9.17) is 4.52 Å². The summed E-state index contributed by atoms with van der Waals surface area (Å²) >= 11 is 0. The SMILES string of the molecule is Cc1cc(C[C@@H]2CN(Cc3ccccc3CS(=O)(=O)c3ccccc3)C[C@H]2O)on1. The van der Waals surface area contributed by atoms with Crippen molar-refractivity contribution < 1.29 is 18.0 Å². The van der Waals surface area contributed by atoms with Crippen molar-refractivity contribution in [3.63, 3.8) is 0 Å². The summed E-state index contributed by atoms with van der Waals surface area (Å²) in [5.74, 6) is 0.815. The predicted molar refractivity (Wildman–Crippen MR) is 113 cm³/mol. The number of rotatable bonds is 7. The van der Waals surface area contributed by atoms with E-state index >= 15 is 0 Å².